The maximum absolute atomic E-state index is 12.8. The van der Waals surface area contributed by atoms with E-state index < -0.39 is 23.1 Å². The van der Waals surface area contributed by atoms with Crippen molar-refractivity contribution in [3.05, 3.63) is 0 Å². The van der Waals surface area contributed by atoms with Gasteiger partial charge in [0.2, 0.25) is 0 Å². The number of rotatable bonds is 0. The van der Waals surface area contributed by atoms with Crippen LogP contribution in [0.2, 0.25) is 6.55 Å². The van der Waals surface area contributed by atoms with E-state index in [-0.39, 0.29) is 5.92 Å². The molecule has 1 nitrogen and oxygen atoms in total. The second-order valence-corrected chi connectivity index (χ2v) is 5.19. The summed E-state index contributed by atoms with van der Waals surface area (Å²) in [6.07, 6.45) is -2.61. The van der Waals surface area contributed by atoms with E-state index in [0.29, 0.717) is 12.8 Å². The molecule has 16 heavy (non-hydrogen) atoms. The van der Waals surface area contributed by atoms with E-state index in [9.17, 15) is 18.3 Å². The minimum absolute atomic E-state index is 0.0270. The smallest absolute Gasteiger partial charge is 0.380 e. The summed E-state index contributed by atoms with van der Waals surface area (Å²) in [4.78, 5) is 0. The van der Waals surface area contributed by atoms with Crippen LogP contribution in [-0.2, 0) is 0 Å². The molecule has 2 aliphatic rings. The topological polar surface area (TPSA) is 20.2 Å². The zero-order valence-electron chi connectivity index (χ0n) is 10.4. The van der Waals surface area contributed by atoms with Gasteiger partial charge in [-0.25, -0.2) is 0 Å². The molecule has 2 rings (SSSR count). The molecule has 0 aromatic rings. The van der Waals surface area contributed by atoms with Gasteiger partial charge in [0, 0.05) is 5.41 Å². The van der Waals surface area contributed by atoms with Gasteiger partial charge in [0.05, 0.1) is 0 Å². The highest BCUT2D eigenvalue weighted by Gasteiger charge is 2.73. The first-order chi connectivity index (χ1) is 7.21. The van der Waals surface area contributed by atoms with Gasteiger partial charge in [-0.1, -0.05) is 20.4 Å². The number of hydrogen-bond acceptors (Lipinski definition) is 1. The summed E-state index contributed by atoms with van der Waals surface area (Å²) in [6, 6.07) is 0. The minimum Gasteiger partial charge on any atom is -0.380 e. The monoisotopic (exact) mass is 254 g/mol. The lowest BCUT2D eigenvalue weighted by Crippen LogP contribution is -2.59. The Hall–Kier alpha value is -0.0331. The lowest BCUT2D eigenvalue weighted by atomic mass is 9.65. The average molecular weight is 254 g/mol. The number of halogens is 3. The van der Waals surface area contributed by atoms with E-state index in [0.717, 1.165) is 6.42 Å². The summed E-state index contributed by atoms with van der Waals surface area (Å²) in [5.74, 6) is -0.554. The standard InChI is InChI=1S/C10H15F3O.CH6Si/c1-8(2)6-3-4-7(5-6)9(8,14)10(11,12)13;1-2/h6-7,14H,3-5H2,1-2H3;1-2H3. The van der Waals surface area contributed by atoms with Gasteiger partial charge < -0.3 is 5.11 Å². The van der Waals surface area contributed by atoms with Crippen molar-refractivity contribution in [1.82, 2.24) is 0 Å². The number of hydrogen-bond donors (Lipinski definition) is 1. The Morgan fingerprint density at radius 1 is 1.12 bits per heavy atom. The Kier molecular flexibility index (Phi) is 3.52. The molecule has 2 bridgehead atoms. The normalized spacial score (nSPS) is 40.7. The van der Waals surface area contributed by atoms with Crippen LogP contribution < -0.4 is 0 Å². The van der Waals surface area contributed by atoms with Crippen LogP contribution in [0.4, 0.5) is 13.2 Å². The first kappa shape index (κ1) is 14.0. The average Bonchev–Trinajstić information content (AvgIpc) is 2.72. The molecule has 1 N–H and O–H groups in total. The molecule has 0 aromatic carbocycles. The summed E-state index contributed by atoms with van der Waals surface area (Å²) in [5, 5.41) is 9.92. The van der Waals surface area contributed by atoms with E-state index in [1.54, 1.807) is 13.8 Å². The van der Waals surface area contributed by atoms with E-state index in [1.165, 1.54) is 10.2 Å². The Morgan fingerprint density at radius 3 is 1.81 bits per heavy atom. The van der Waals surface area contributed by atoms with Crippen LogP contribution in [0.25, 0.3) is 0 Å². The summed E-state index contributed by atoms with van der Waals surface area (Å²) < 4.78 is 38.5. The highest BCUT2D eigenvalue weighted by atomic mass is 28.1. The molecule has 2 aliphatic carbocycles. The third-order valence-corrected chi connectivity index (χ3v) is 4.46. The molecular weight excluding hydrogens is 233 g/mol. The van der Waals surface area contributed by atoms with Crippen molar-refractivity contribution in [3.8, 4) is 0 Å². The molecular formula is C11H21F3OSi. The SMILES string of the molecule is CC1(C)C2CCC(C2)C1(O)C(F)(F)F.C[SiH3]. The molecule has 0 saturated heterocycles. The minimum atomic E-state index is -4.49. The number of fused-ring (bicyclic) bond motifs is 2. The number of alkyl halides is 3. The summed E-state index contributed by atoms with van der Waals surface area (Å²) in [7, 11) is 1.31. The van der Waals surface area contributed by atoms with Gasteiger partial charge in [0.1, 0.15) is 0 Å². The summed E-state index contributed by atoms with van der Waals surface area (Å²) in [6.45, 7) is 5.23. The van der Waals surface area contributed by atoms with Crippen molar-refractivity contribution in [1.29, 1.82) is 0 Å². The van der Waals surface area contributed by atoms with E-state index >= 15 is 0 Å². The van der Waals surface area contributed by atoms with Crippen LogP contribution in [-0.4, -0.2) is 27.1 Å². The van der Waals surface area contributed by atoms with E-state index in [2.05, 4.69) is 6.55 Å². The molecule has 0 heterocycles. The van der Waals surface area contributed by atoms with Gasteiger partial charge in [0.25, 0.3) is 0 Å². The molecule has 2 fully saturated rings. The second kappa shape index (κ2) is 4.01. The molecule has 3 atom stereocenters. The first-order valence-corrected chi connectivity index (χ1v) is 8.00. The van der Waals surface area contributed by atoms with Crippen LogP contribution in [0.1, 0.15) is 33.1 Å². The molecule has 0 radical (unpaired) electrons. The van der Waals surface area contributed by atoms with Gasteiger partial charge in [0.15, 0.2) is 5.60 Å². The molecule has 5 heteroatoms. The van der Waals surface area contributed by atoms with Crippen LogP contribution in [0.15, 0.2) is 0 Å². The van der Waals surface area contributed by atoms with Crippen LogP contribution in [0.3, 0.4) is 0 Å². The predicted octanol–water partition coefficient (Wildman–Crippen LogP) is 2.14. The lowest BCUT2D eigenvalue weighted by molar-refractivity contribution is -0.312. The fourth-order valence-electron chi connectivity index (χ4n) is 3.45. The van der Waals surface area contributed by atoms with Crippen molar-refractivity contribution < 1.29 is 18.3 Å². The fourth-order valence-corrected chi connectivity index (χ4v) is 3.45. The molecule has 3 unspecified atom stereocenters. The van der Waals surface area contributed by atoms with E-state index in [1.807, 2.05) is 0 Å². The van der Waals surface area contributed by atoms with E-state index in [4.69, 9.17) is 0 Å². The molecule has 0 amide bonds. The van der Waals surface area contributed by atoms with Crippen molar-refractivity contribution in [3.63, 3.8) is 0 Å². The Labute approximate surface area is 97.8 Å². The lowest BCUT2D eigenvalue weighted by Gasteiger charge is -2.46. The highest BCUT2D eigenvalue weighted by molar-refractivity contribution is 6.05. The second-order valence-electron chi connectivity index (χ2n) is 5.19. The summed E-state index contributed by atoms with van der Waals surface area (Å²) >= 11 is 0. The van der Waals surface area contributed by atoms with Gasteiger partial charge in [-0.15, -0.1) is 0 Å². The van der Waals surface area contributed by atoms with Gasteiger partial charge in [-0.05, 0) is 41.3 Å². The van der Waals surface area contributed by atoms with Crippen molar-refractivity contribution in [2.45, 2.75) is 51.4 Å². The Morgan fingerprint density at radius 2 is 1.56 bits per heavy atom. The van der Waals surface area contributed by atoms with Crippen LogP contribution >= 0.6 is 0 Å². The Balaban J connectivity index is 0.000000606. The number of aliphatic hydroxyl groups is 1. The molecule has 2 saturated carbocycles. The largest absolute Gasteiger partial charge is 0.417 e. The van der Waals surface area contributed by atoms with Crippen LogP contribution in [0.5, 0.6) is 0 Å². The van der Waals surface area contributed by atoms with Crippen molar-refractivity contribution in [2.24, 2.45) is 17.3 Å². The highest BCUT2D eigenvalue weighted by Crippen LogP contribution is 2.65. The maximum Gasteiger partial charge on any atom is 0.417 e. The van der Waals surface area contributed by atoms with Gasteiger partial charge in [-0.2, -0.15) is 13.2 Å². The summed E-state index contributed by atoms with van der Waals surface area (Å²) in [5.41, 5.74) is -3.48. The molecule has 0 aliphatic heterocycles. The van der Waals surface area contributed by atoms with Gasteiger partial charge >= 0.3 is 6.18 Å². The zero-order chi connectivity index (χ0) is 12.8. The third-order valence-electron chi connectivity index (χ3n) is 4.46. The van der Waals surface area contributed by atoms with Crippen molar-refractivity contribution in [2.75, 3.05) is 0 Å². The first-order valence-electron chi connectivity index (χ1n) is 6.00. The fraction of sp³-hybridized carbons (Fsp3) is 1.00. The quantitative estimate of drug-likeness (QED) is 0.657. The molecule has 0 spiro atoms. The maximum atomic E-state index is 12.8. The predicted molar refractivity (Wildman–Crippen MR) is 61.4 cm³/mol. The van der Waals surface area contributed by atoms with Gasteiger partial charge in [-0.3, -0.25) is 0 Å². The van der Waals surface area contributed by atoms with Crippen molar-refractivity contribution >= 4 is 10.2 Å². The Bertz CT molecular complexity index is 264. The third kappa shape index (κ3) is 1.55. The van der Waals surface area contributed by atoms with Crippen LogP contribution in [0, 0.1) is 17.3 Å². The zero-order valence-corrected chi connectivity index (χ0v) is 12.4. The molecule has 0 aromatic heterocycles. The molecule has 96 valence electrons.